The van der Waals surface area contributed by atoms with Crippen LogP contribution in [0.5, 0.6) is 5.75 Å². The predicted octanol–water partition coefficient (Wildman–Crippen LogP) is 7.32. The Kier molecular flexibility index (Phi) is 6.90. The first kappa shape index (κ1) is 19.6. The molecule has 1 aliphatic carbocycles. The summed E-state index contributed by atoms with van der Waals surface area (Å²) in [4.78, 5) is 0. The van der Waals surface area contributed by atoms with Crippen molar-refractivity contribution in [2.75, 3.05) is 0 Å². The molecule has 0 N–H and O–H groups in total. The van der Waals surface area contributed by atoms with Crippen LogP contribution in [0.2, 0.25) is 0 Å². The Bertz CT molecular complexity index is 707. The maximum Gasteiger partial charge on any atom is 0.387 e. The Hall–Kier alpha value is -1.17. The van der Waals surface area contributed by atoms with Crippen molar-refractivity contribution in [3.63, 3.8) is 0 Å². The summed E-state index contributed by atoms with van der Waals surface area (Å²) in [6.07, 6.45) is 7.94. The largest absolute Gasteiger partial charge is 0.434 e. The molecule has 140 valence electrons. The van der Waals surface area contributed by atoms with Crippen LogP contribution in [0.25, 0.3) is 11.1 Å². The highest BCUT2D eigenvalue weighted by atomic mass is 127. The minimum absolute atomic E-state index is 0.225. The zero-order valence-corrected chi connectivity index (χ0v) is 17.2. The third-order valence-electron chi connectivity index (χ3n) is 5.41. The standard InChI is InChI=1S/C22H25F2IO/c1-15-2-4-16(5-3-15)6-7-17-8-10-18(11-9-17)19-12-13-21(20(25)14-19)26-22(23)24/h8-16,22H,2-7H2,1H3. The summed E-state index contributed by atoms with van der Waals surface area (Å²) < 4.78 is 29.9. The lowest BCUT2D eigenvalue weighted by Crippen LogP contribution is -2.12. The molecule has 0 aromatic heterocycles. The zero-order valence-electron chi connectivity index (χ0n) is 15.1. The van der Waals surface area contributed by atoms with Crippen LogP contribution in [0.1, 0.15) is 44.6 Å². The molecule has 0 radical (unpaired) electrons. The van der Waals surface area contributed by atoms with E-state index in [2.05, 4.69) is 35.9 Å². The molecule has 0 saturated heterocycles. The van der Waals surface area contributed by atoms with Gasteiger partial charge in [0.15, 0.2) is 0 Å². The minimum Gasteiger partial charge on any atom is -0.434 e. The topological polar surface area (TPSA) is 9.23 Å². The molecule has 0 bridgehead atoms. The average Bonchev–Trinajstić information content (AvgIpc) is 2.63. The van der Waals surface area contributed by atoms with Gasteiger partial charge in [-0.25, -0.2) is 0 Å². The number of hydrogen-bond donors (Lipinski definition) is 0. The third kappa shape index (κ3) is 5.41. The summed E-state index contributed by atoms with van der Waals surface area (Å²) in [6, 6.07) is 14.0. The molecule has 1 saturated carbocycles. The van der Waals surface area contributed by atoms with Crippen LogP contribution < -0.4 is 4.74 Å². The lowest BCUT2D eigenvalue weighted by atomic mass is 9.80. The second-order valence-corrected chi connectivity index (χ2v) is 8.55. The van der Waals surface area contributed by atoms with Gasteiger partial charge in [0.1, 0.15) is 5.75 Å². The highest BCUT2D eigenvalue weighted by Gasteiger charge is 2.17. The van der Waals surface area contributed by atoms with Crippen LogP contribution in [-0.2, 0) is 6.42 Å². The van der Waals surface area contributed by atoms with Crippen LogP contribution in [0.3, 0.4) is 0 Å². The van der Waals surface area contributed by atoms with Crippen LogP contribution in [0.15, 0.2) is 42.5 Å². The van der Waals surface area contributed by atoms with E-state index in [-0.39, 0.29) is 5.75 Å². The quantitative estimate of drug-likeness (QED) is 0.402. The van der Waals surface area contributed by atoms with Gasteiger partial charge in [-0.05, 0) is 76.1 Å². The molecule has 0 atom stereocenters. The van der Waals surface area contributed by atoms with Gasteiger partial charge in [0, 0.05) is 0 Å². The van der Waals surface area contributed by atoms with Crippen molar-refractivity contribution < 1.29 is 13.5 Å². The van der Waals surface area contributed by atoms with E-state index in [1.165, 1.54) is 37.7 Å². The van der Waals surface area contributed by atoms with Crippen molar-refractivity contribution in [1.29, 1.82) is 0 Å². The molecule has 26 heavy (non-hydrogen) atoms. The molecular weight excluding hydrogens is 445 g/mol. The van der Waals surface area contributed by atoms with Gasteiger partial charge in [-0.3, -0.25) is 0 Å². The fourth-order valence-electron chi connectivity index (χ4n) is 3.72. The summed E-state index contributed by atoms with van der Waals surface area (Å²) >= 11 is 2.03. The van der Waals surface area contributed by atoms with Crippen LogP contribution in [0, 0.1) is 15.4 Å². The minimum atomic E-state index is -2.79. The Morgan fingerprint density at radius 3 is 2.27 bits per heavy atom. The fourth-order valence-corrected chi connectivity index (χ4v) is 4.37. The van der Waals surface area contributed by atoms with Gasteiger partial charge >= 0.3 is 6.61 Å². The first-order chi connectivity index (χ1) is 12.5. The molecule has 1 aliphatic rings. The maximum absolute atomic E-state index is 12.4. The fraction of sp³-hybridized carbons (Fsp3) is 0.455. The van der Waals surface area contributed by atoms with E-state index < -0.39 is 6.61 Å². The first-order valence-corrected chi connectivity index (χ1v) is 10.4. The van der Waals surface area contributed by atoms with Crippen LogP contribution >= 0.6 is 22.6 Å². The summed E-state index contributed by atoms with van der Waals surface area (Å²) in [6.45, 7) is -0.427. The second-order valence-electron chi connectivity index (χ2n) is 7.39. The van der Waals surface area contributed by atoms with Gasteiger partial charge in [0.25, 0.3) is 0 Å². The summed E-state index contributed by atoms with van der Waals surface area (Å²) in [5, 5.41) is 0. The van der Waals surface area contributed by atoms with E-state index in [9.17, 15) is 8.78 Å². The predicted molar refractivity (Wildman–Crippen MR) is 111 cm³/mol. The second kappa shape index (κ2) is 9.16. The van der Waals surface area contributed by atoms with Gasteiger partial charge < -0.3 is 4.74 Å². The number of ether oxygens (including phenoxy) is 1. The highest BCUT2D eigenvalue weighted by molar-refractivity contribution is 14.1. The number of aryl methyl sites for hydroxylation is 1. The molecule has 1 nitrogen and oxygen atoms in total. The van der Waals surface area contributed by atoms with E-state index in [1.807, 2.05) is 34.7 Å². The summed E-state index contributed by atoms with van der Waals surface area (Å²) in [5.74, 6) is 2.02. The van der Waals surface area contributed by atoms with E-state index in [0.717, 1.165) is 29.4 Å². The lowest BCUT2D eigenvalue weighted by molar-refractivity contribution is -0.0504. The molecule has 2 aromatic rings. The third-order valence-corrected chi connectivity index (χ3v) is 6.25. The van der Waals surface area contributed by atoms with Crippen LogP contribution in [-0.4, -0.2) is 6.61 Å². The molecule has 4 heteroatoms. The van der Waals surface area contributed by atoms with E-state index in [1.54, 1.807) is 6.07 Å². The van der Waals surface area contributed by atoms with E-state index in [4.69, 9.17) is 0 Å². The molecule has 1 fully saturated rings. The van der Waals surface area contributed by atoms with Gasteiger partial charge in [0.2, 0.25) is 0 Å². The number of rotatable bonds is 6. The molecule has 0 heterocycles. The number of alkyl halides is 2. The Labute approximate surface area is 168 Å². The number of benzene rings is 2. The highest BCUT2D eigenvalue weighted by Crippen LogP contribution is 2.32. The monoisotopic (exact) mass is 470 g/mol. The summed E-state index contributed by atoms with van der Waals surface area (Å²) in [5.41, 5.74) is 3.49. The average molecular weight is 470 g/mol. The van der Waals surface area contributed by atoms with Crippen molar-refractivity contribution in [3.05, 3.63) is 51.6 Å². The van der Waals surface area contributed by atoms with Gasteiger partial charge in [-0.15, -0.1) is 0 Å². The first-order valence-electron chi connectivity index (χ1n) is 9.35. The Balaban J connectivity index is 1.59. The lowest BCUT2D eigenvalue weighted by Gasteiger charge is -2.26. The number of halogens is 3. The van der Waals surface area contributed by atoms with Crippen LogP contribution in [0.4, 0.5) is 8.78 Å². The SMILES string of the molecule is CC1CCC(CCc2ccc(-c3ccc(OC(F)F)c(I)c3)cc2)CC1. The Morgan fingerprint density at radius 2 is 1.65 bits per heavy atom. The van der Waals surface area contributed by atoms with Crippen molar-refractivity contribution in [2.24, 2.45) is 11.8 Å². The Morgan fingerprint density at radius 1 is 1.00 bits per heavy atom. The molecule has 2 aromatic carbocycles. The molecular formula is C22H25F2IO. The summed E-state index contributed by atoms with van der Waals surface area (Å²) in [7, 11) is 0. The van der Waals surface area contributed by atoms with Crippen molar-refractivity contribution in [3.8, 4) is 16.9 Å². The smallest absolute Gasteiger partial charge is 0.387 e. The van der Waals surface area contributed by atoms with E-state index in [0.29, 0.717) is 3.57 Å². The molecule has 0 unspecified atom stereocenters. The van der Waals surface area contributed by atoms with E-state index >= 15 is 0 Å². The maximum atomic E-state index is 12.4. The van der Waals surface area contributed by atoms with Crippen molar-refractivity contribution in [2.45, 2.75) is 52.1 Å². The van der Waals surface area contributed by atoms with Gasteiger partial charge in [-0.1, -0.05) is 62.9 Å². The molecule has 0 amide bonds. The zero-order chi connectivity index (χ0) is 18.5. The van der Waals surface area contributed by atoms with Crippen molar-refractivity contribution in [1.82, 2.24) is 0 Å². The van der Waals surface area contributed by atoms with Crippen molar-refractivity contribution >= 4 is 22.6 Å². The normalized spacial score (nSPS) is 20.3. The van der Waals surface area contributed by atoms with Gasteiger partial charge in [-0.2, -0.15) is 8.78 Å². The molecule has 3 rings (SSSR count). The molecule has 0 spiro atoms. The number of hydrogen-bond acceptors (Lipinski definition) is 1. The molecule has 0 aliphatic heterocycles. The van der Waals surface area contributed by atoms with Gasteiger partial charge in [0.05, 0.1) is 3.57 Å².